The molecule has 0 saturated heterocycles. The Labute approximate surface area is 128 Å². The summed E-state index contributed by atoms with van der Waals surface area (Å²) < 4.78 is 11.9. The molecule has 0 bridgehead atoms. The van der Waals surface area contributed by atoms with E-state index < -0.39 is 5.97 Å². The van der Waals surface area contributed by atoms with Crippen LogP contribution in [0.25, 0.3) is 5.69 Å². The first kappa shape index (κ1) is 15.8. The highest BCUT2D eigenvalue weighted by Gasteiger charge is 2.14. The van der Waals surface area contributed by atoms with Gasteiger partial charge in [-0.2, -0.15) is 5.10 Å². The van der Waals surface area contributed by atoms with Crippen LogP contribution in [0.4, 0.5) is 0 Å². The average molecular weight is 302 g/mol. The van der Waals surface area contributed by atoms with Gasteiger partial charge in [-0.05, 0) is 37.1 Å². The first-order chi connectivity index (χ1) is 10.5. The van der Waals surface area contributed by atoms with Crippen molar-refractivity contribution in [1.82, 2.24) is 9.78 Å². The standard InChI is InChI=1S/C16H18N2O4/c1-11-9-17-18(10-11)13-5-4-12(2)15(8-13)22-14(6-7-19)16(20)21-3/h4-6,8-10,19H,7H2,1-3H3/b14-6-. The monoisotopic (exact) mass is 302 g/mol. The second-order valence-electron chi connectivity index (χ2n) is 4.76. The van der Waals surface area contributed by atoms with Crippen LogP contribution in [0.3, 0.4) is 0 Å². The van der Waals surface area contributed by atoms with Gasteiger partial charge in [-0.1, -0.05) is 6.07 Å². The van der Waals surface area contributed by atoms with Gasteiger partial charge in [-0.15, -0.1) is 0 Å². The summed E-state index contributed by atoms with van der Waals surface area (Å²) in [4.78, 5) is 11.6. The van der Waals surface area contributed by atoms with E-state index >= 15 is 0 Å². The molecule has 6 heteroatoms. The second-order valence-corrected chi connectivity index (χ2v) is 4.76. The Kier molecular flexibility index (Phi) is 4.95. The fourth-order valence-corrected chi connectivity index (χ4v) is 1.86. The largest absolute Gasteiger partial charge is 0.463 e. The van der Waals surface area contributed by atoms with Crippen LogP contribution in [0.2, 0.25) is 0 Å². The Hall–Kier alpha value is -2.60. The number of carbonyl (C=O) groups is 1. The number of methoxy groups -OCH3 is 1. The van der Waals surface area contributed by atoms with Gasteiger partial charge in [0.15, 0.2) is 0 Å². The van der Waals surface area contributed by atoms with Crippen LogP contribution in [-0.2, 0) is 9.53 Å². The average Bonchev–Trinajstić information content (AvgIpc) is 2.94. The first-order valence-electron chi connectivity index (χ1n) is 6.74. The number of benzene rings is 1. The molecule has 22 heavy (non-hydrogen) atoms. The number of aromatic nitrogens is 2. The Balaban J connectivity index is 2.34. The van der Waals surface area contributed by atoms with Crippen molar-refractivity contribution in [2.24, 2.45) is 0 Å². The molecule has 0 saturated carbocycles. The van der Waals surface area contributed by atoms with E-state index in [0.717, 1.165) is 16.8 Å². The number of aryl methyl sites for hydroxylation is 2. The van der Waals surface area contributed by atoms with E-state index in [-0.39, 0.29) is 12.4 Å². The van der Waals surface area contributed by atoms with Crippen LogP contribution < -0.4 is 4.74 Å². The topological polar surface area (TPSA) is 73.6 Å². The predicted octanol–water partition coefficient (Wildman–Crippen LogP) is 1.92. The maximum atomic E-state index is 11.6. The molecule has 1 aromatic heterocycles. The smallest absolute Gasteiger partial charge is 0.373 e. The summed E-state index contributed by atoms with van der Waals surface area (Å²) in [5.41, 5.74) is 2.70. The van der Waals surface area contributed by atoms with Crippen LogP contribution >= 0.6 is 0 Å². The lowest BCUT2D eigenvalue weighted by atomic mass is 10.2. The van der Waals surface area contributed by atoms with Crippen molar-refractivity contribution in [2.45, 2.75) is 13.8 Å². The maximum Gasteiger partial charge on any atom is 0.373 e. The third kappa shape index (κ3) is 3.53. The molecule has 1 heterocycles. The molecule has 0 aliphatic rings. The van der Waals surface area contributed by atoms with Crippen LogP contribution in [0.5, 0.6) is 5.75 Å². The zero-order chi connectivity index (χ0) is 16.1. The molecule has 0 amide bonds. The highest BCUT2D eigenvalue weighted by Crippen LogP contribution is 2.24. The van der Waals surface area contributed by atoms with Crippen LogP contribution in [0.15, 0.2) is 42.4 Å². The van der Waals surface area contributed by atoms with E-state index in [0.29, 0.717) is 5.75 Å². The third-order valence-corrected chi connectivity index (χ3v) is 3.03. The zero-order valence-corrected chi connectivity index (χ0v) is 12.7. The number of aliphatic hydroxyl groups is 1. The van der Waals surface area contributed by atoms with Gasteiger partial charge in [0.05, 0.1) is 25.6 Å². The Morgan fingerprint density at radius 2 is 2.18 bits per heavy atom. The summed E-state index contributed by atoms with van der Waals surface area (Å²) >= 11 is 0. The fourth-order valence-electron chi connectivity index (χ4n) is 1.86. The normalized spacial score (nSPS) is 11.4. The number of esters is 1. The minimum absolute atomic E-state index is 0.0538. The van der Waals surface area contributed by atoms with Gasteiger partial charge in [0.2, 0.25) is 5.76 Å². The quantitative estimate of drug-likeness (QED) is 0.519. The molecular weight excluding hydrogens is 284 g/mol. The third-order valence-electron chi connectivity index (χ3n) is 3.03. The Bertz CT molecular complexity index is 704. The molecule has 6 nitrogen and oxygen atoms in total. The Morgan fingerprint density at radius 3 is 2.77 bits per heavy atom. The molecule has 2 aromatic rings. The van der Waals surface area contributed by atoms with E-state index in [2.05, 4.69) is 9.84 Å². The van der Waals surface area contributed by atoms with Gasteiger partial charge >= 0.3 is 5.97 Å². The number of aliphatic hydroxyl groups excluding tert-OH is 1. The molecule has 1 N–H and O–H groups in total. The van der Waals surface area contributed by atoms with Crippen LogP contribution in [-0.4, -0.2) is 34.6 Å². The van der Waals surface area contributed by atoms with Crippen molar-refractivity contribution in [3.05, 3.63) is 53.6 Å². The number of ether oxygens (including phenoxy) is 2. The number of hydrogen-bond donors (Lipinski definition) is 1. The molecule has 0 spiro atoms. The maximum absolute atomic E-state index is 11.6. The predicted molar refractivity (Wildman–Crippen MR) is 80.9 cm³/mol. The number of carbonyl (C=O) groups excluding carboxylic acids is 1. The highest BCUT2D eigenvalue weighted by atomic mass is 16.6. The Morgan fingerprint density at radius 1 is 1.41 bits per heavy atom. The lowest BCUT2D eigenvalue weighted by molar-refractivity contribution is -0.138. The molecule has 0 unspecified atom stereocenters. The number of rotatable bonds is 5. The first-order valence-corrected chi connectivity index (χ1v) is 6.74. The summed E-state index contributed by atoms with van der Waals surface area (Å²) in [5, 5.41) is 13.2. The molecule has 0 atom stereocenters. The van der Waals surface area contributed by atoms with E-state index in [4.69, 9.17) is 9.84 Å². The molecule has 0 aliphatic carbocycles. The minimum atomic E-state index is -0.645. The fraction of sp³-hybridized carbons (Fsp3) is 0.250. The minimum Gasteiger partial charge on any atom is -0.463 e. The van der Waals surface area contributed by atoms with E-state index in [1.165, 1.54) is 13.2 Å². The highest BCUT2D eigenvalue weighted by molar-refractivity contribution is 5.86. The molecular formula is C16H18N2O4. The van der Waals surface area contributed by atoms with Crippen molar-refractivity contribution < 1.29 is 19.4 Å². The number of nitrogens with zero attached hydrogens (tertiary/aromatic N) is 2. The van der Waals surface area contributed by atoms with Crippen molar-refractivity contribution in [3.63, 3.8) is 0 Å². The van der Waals surface area contributed by atoms with Crippen molar-refractivity contribution in [3.8, 4) is 11.4 Å². The second kappa shape index (κ2) is 6.91. The zero-order valence-electron chi connectivity index (χ0n) is 12.7. The van der Waals surface area contributed by atoms with E-state index in [9.17, 15) is 4.79 Å². The van der Waals surface area contributed by atoms with Gasteiger partial charge in [0, 0.05) is 12.3 Å². The summed E-state index contributed by atoms with van der Waals surface area (Å²) in [7, 11) is 1.26. The summed E-state index contributed by atoms with van der Waals surface area (Å²) in [5.74, 6) is -0.202. The molecule has 0 aliphatic heterocycles. The molecule has 1 aromatic carbocycles. The van der Waals surface area contributed by atoms with Gasteiger partial charge < -0.3 is 14.6 Å². The summed E-state index contributed by atoms with van der Waals surface area (Å²) in [6.07, 6.45) is 4.90. The van der Waals surface area contributed by atoms with Crippen molar-refractivity contribution >= 4 is 5.97 Å². The van der Waals surface area contributed by atoms with Gasteiger partial charge in [0.25, 0.3) is 0 Å². The van der Waals surface area contributed by atoms with Crippen LogP contribution in [0, 0.1) is 13.8 Å². The van der Waals surface area contributed by atoms with Gasteiger partial charge in [-0.25, -0.2) is 9.48 Å². The molecule has 116 valence electrons. The molecule has 0 radical (unpaired) electrons. The lowest BCUT2D eigenvalue weighted by Crippen LogP contribution is -2.12. The van der Waals surface area contributed by atoms with Crippen molar-refractivity contribution in [1.29, 1.82) is 0 Å². The van der Waals surface area contributed by atoms with E-state index in [1.807, 2.05) is 32.2 Å². The SMILES string of the molecule is COC(=O)/C(=C/CO)Oc1cc(-n2cc(C)cn2)ccc1C. The van der Waals surface area contributed by atoms with Gasteiger partial charge in [0.1, 0.15) is 5.75 Å². The van der Waals surface area contributed by atoms with Crippen LogP contribution in [0.1, 0.15) is 11.1 Å². The molecule has 2 rings (SSSR count). The number of hydrogen-bond acceptors (Lipinski definition) is 5. The van der Waals surface area contributed by atoms with E-state index in [1.54, 1.807) is 16.9 Å². The molecule has 0 fully saturated rings. The van der Waals surface area contributed by atoms with Crippen molar-refractivity contribution in [2.75, 3.05) is 13.7 Å². The lowest BCUT2D eigenvalue weighted by Gasteiger charge is -2.12. The van der Waals surface area contributed by atoms with Gasteiger partial charge in [-0.3, -0.25) is 0 Å². The summed E-state index contributed by atoms with van der Waals surface area (Å²) in [6, 6.07) is 5.55. The summed E-state index contributed by atoms with van der Waals surface area (Å²) in [6.45, 7) is 3.50.